The molecule has 0 amide bonds. The van der Waals surface area contributed by atoms with Gasteiger partial charge in [-0.05, 0) is 6.92 Å². The van der Waals surface area contributed by atoms with E-state index < -0.39 is 5.97 Å². The number of carboxylic acids is 1. The Labute approximate surface area is 96.6 Å². The lowest BCUT2D eigenvalue weighted by Crippen LogP contribution is -2.13. The quantitative estimate of drug-likeness (QED) is 0.583. The molecule has 0 saturated carbocycles. The number of nitrogens with zero attached hydrogens (tertiary/aromatic N) is 2. The Morgan fingerprint density at radius 2 is 2.38 bits per heavy atom. The highest BCUT2D eigenvalue weighted by molar-refractivity contribution is 7.99. The average molecular weight is 244 g/mol. The number of ether oxygens (including phenoxy) is 1. The molecule has 0 fully saturated rings. The molecule has 88 valence electrons. The van der Waals surface area contributed by atoms with E-state index in [1.807, 2.05) is 0 Å². The zero-order chi connectivity index (χ0) is 12.0. The second-order valence-corrected chi connectivity index (χ2v) is 3.77. The van der Waals surface area contributed by atoms with Crippen LogP contribution in [0.2, 0.25) is 0 Å². The molecule has 1 rings (SSSR count). The van der Waals surface area contributed by atoms with Crippen LogP contribution in [0.4, 0.5) is 0 Å². The van der Waals surface area contributed by atoms with Crippen LogP contribution < -0.4 is 0 Å². The minimum absolute atomic E-state index is 0.0514. The Hall–Kier alpha value is -1.50. The van der Waals surface area contributed by atoms with Crippen LogP contribution in [0, 0.1) is 0 Å². The summed E-state index contributed by atoms with van der Waals surface area (Å²) in [4.78, 5) is 25.5. The van der Waals surface area contributed by atoms with Gasteiger partial charge < -0.3 is 14.4 Å². The zero-order valence-corrected chi connectivity index (χ0v) is 9.57. The third kappa shape index (κ3) is 3.93. The predicted molar refractivity (Wildman–Crippen MR) is 57.2 cm³/mol. The Morgan fingerprint density at radius 1 is 1.62 bits per heavy atom. The molecular weight excluding hydrogens is 232 g/mol. The van der Waals surface area contributed by atoms with Crippen LogP contribution in [-0.4, -0.2) is 39.0 Å². The molecular formula is C9H12N2O4S. The highest BCUT2D eigenvalue weighted by atomic mass is 32.2. The van der Waals surface area contributed by atoms with E-state index in [9.17, 15) is 9.59 Å². The first kappa shape index (κ1) is 12.6. The minimum atomic E-state index is -0.921. The molecule has 0 radical (unpaired) electrons. The first-order valence-corrected chi connectivity index (χ1v) is 5.63. The fourth-order valence-corrected chi connectivity index (χ4v) is 1.71. The van der Waals surface area contributed by atoms with Crippen LogP contribution in [-0.2, 0) is 20.9 Å². The van der Waals surface area contributed by atoms with Crippen molar-refractivity contribution < 1.29 is 19.4 Å². The van der Waals surface area contributed by atoms with E-state index in [1.165, 1.54) is 6.20 Å². The average Bonchev–Trinajstić information content (AvgIpc) is 2.62. The number of imidazole rings is 1. The lowest BCUT2D eigenvalue weighted by atomic mass is 10.6. The number of carbonyl (C=O) groups is 2. The minimum Gasteiger partial charge on any atom is -0.481 e. The molecule has 7 heteroatoms. The molecule has 1 heterocycles. The molecule has 0 atom stereocenters. The van der Waals surface area contributed by atoms with E-state index in [0.717, 1.165) is 11.8 Å². The summed E-state index contributed by atoms with van der Waals surface area (Å²) >= 11 is 1.07. The van der Waals surface area contributed by atoms with Crippen LogP contribution in [0.3, 0.4) is 0 Å². The van der Waals surface area contributed by atoms with Gasteiger partial charge in [0.1, 0.15) is 6.54 Å². The van der Waals surface area contributed by atoms with Crippen molar-refractivity contribution in [3.63, 3.8) is 0 Å². The van der Waals surface area contributed by atoms with Crippen molar-refractivity contribution in [2.75, 3.05) is 12.4 Å². The molecule has 0 bridgehead atoms. The molecule has 0 aliphatic carbocycles. The SMILES string of the molecule is CCOC(=O)Cn1ccnc1SCC(=O)O. The van der Waals surface area contributed by atoms with Gasteiger partial charge in [-0.3, -0.25) is 9.59 Å². The van der Waals surface area contributed by atoms with Crippen molar-refractivity contribution in [1.29, 1.82) is 0 Å². The van der Waals surface area contributed by atoms with Crippen LogP contribution in [0.5, 0.6) is 0 Å². The molecule has 1 aromatic rings. The van der Waals surface area contributed by atoms with Gasteiger partial charge in [-0.15, -0.1) is 0 Å². The molecule has 0 aromatic carbocycles. The number of hydrogen-bond acceptors (Lipinski definition) is 5. The van der Waals surface area contributed by atoms with Gasteiger partial charge in [0, 0.05) is 12.4 Å². The summed E-state index contributed by atoms with van der Waals surface area (Å²) in [6.45, 7) is 2.10. The van der Waals surface area contributed by atoms with Crippen LogP contribution in [0.15, 0.2) is 17.6 Å². The maximum Gasteiger partial charge on any atom is 0.326 e. The molecule has 1 aromatic heterocycles. The number of aromatic nitrogens is 2. The van der Waals surface area contributed by atoms with Crippen molar-refractivity contribution in [2.24, 2.45) is 0 Å². The number of thioether (sulfide) groups is 1. The standard InChI is InChI=1S/C9H12N2O4S/c1-2-15-8(14)5-11-4-3-10-9(11)16-6-7(12)13/h3-4H,2,5-6H2,1H3,(H,12,13). The van der Waals surface area contributed by atoms with Crippen LogP contribution in [0.1, 0.15) is 6.92 Å². The first-order chi connectivity index (χ1) is 7.63. The number of esters is 1. The topological polar surface area (TPSA) is 81.4 Å². The smallest absolute Gasteiger partial charge is 0.326 e. The van der Waals surface area contributed by atoms with Crippen molar-refractivity contribution in [2.45, 2.75) is 18.6 Å². The molecule has 16 heavy (non-hydrogen) atoms. The van der Waals surface area contributed by atoms with Crippen molar-refractivity contribution in [1.82, 2.24) is 9.55 Å². The lowest BCUT2D eigenvalue weighted by Gasteiger charge is -2.05. The fourth-order valence-electron chi connectivity index (χ4n) is 1.03. The molecule has 0 unspecified atom stereocenters. The second-order valence-electron chi connectivity index (χ2n) is 2.83. The van der Waals surface area contributed by atoms with Gasteiger partial charge >= 0.3 is 11.9 Å². The largest absolute Gasteiger partial charge is 0.481 e. The number of carbonyl (C=O) groups excluding carboxylic acids is 1. The molecule has 6 nitrogen and oxygen atoms in total. The Morgan fingerprint density at radius 3 is 3.00 bits per heavy atom. The van der Waals surface area contributed by atoms with Crippen molar-refractivity contribution in [3.05, 3.63) is 12.4 Å². The van der Waals surface area contributed by atoms with Gasteiger partial charge in [0.15, 0.2) is 5.16 Å². The number of carboxylic acid groups (broad SMARTS) is 1. The highest BCUT2D eigenvalue weighted by Gasteiger charge is 2.10. The molecule has 0 aliphatic rings. The summed E-state index contributed by atoms with van der Waals surface area (Å²) in [5.74, 6) is -1.37. The number of aliphatic carboxylic acids is 1. The van der Waals surface area contributed by atoms with E-state index in [2.05, 4.69) is 4.98 Å². The summed E-state index contributed by atoms with van der Waals surface area (Å²) in [6.07, 6.45) is 3.13. The molecule has 0 saturated heterocycles. The van der Waals surface area contributed by atoms with Gasteiger partial charge in [-0.1, -0.05) is 11.8 Å². The zero-order valence-electron chi connectivity index (χ0n) is 8.75. The van der Waals surface area contributed by atoms with E-state index in [-0.39, 0.29) is 18.3 Å². The van der Waals surface area contributed by atoms with Crippen molar-refractivity contribution in [3.8, 4) is 0 Å². The number of rotatable bonds is 6. The summed E-state index contributed by atoms with van der Waals surface area (Å²) in [5.41, 5.74) is 0. The molecule has 0 aliphatic heterocycles. The van der Waals surface area contributed by atoms with Gasteiger partial charge in [-0.25, -0.2) is 4.98 Å². The van der Waals surface area contributed by atoms with Crippen molar-refractivity contribution >= 4 is 23.7 Å². The monoisotopic (exact) mass is 244 g/mol. The predicted octanol–water partition coefficient (Wildman–Crippen LogP) is 0.623. The molecule has 0 spiro atoms. The first-order valence-electron chi connectivity index (χ1n) is 4.64. The van der Waals surface area contributed by atoms with E-state index in [1.54, 1.807) is 17.7 Å². The van der Waals surface area contributed by atoms with E-state index in [4.69, 9.17) is 9.84 Å². The van der Waals surface area contributed by atoms with Gasteiger partial charge in [-0.2, -0.15) is 0 Å². The Kier molecular flexibility index (Phi) is 4.84. The number of hydrogen-bond donors (Lipinski definition) is 1. The normalized spacial score (nSPS) is 10.1. The van der Waals surface area contributed by atoms with E-state index in [0.29, 0.717) is 11.8 Å². The van der Waals surface area contributed by atoms with Gasteiger partial charge in [0.25, 0.3) is 0 Å². The van der Waals surface area contributed by atoms with Gasteiger partial charge in [0.05, 0.1) is 12.4 Å². The van der Waals surface area contributed by atoms with E-state index >= 15 is 0 Å². The third-order valence-corrected chi connectivity index (χ3v) is 2.60. The summed E-state index contributed by atoms with van der Waals surface area (Å²) in [7, 11) is 0. The van der Waals surface area contributed by atoms with Crippen LogP contribution in [0.25, 0.3) is 0 Å². The maximum absolute atomic E-state index is 11.2. The Bertz CT molecular complexity index is 377. The van der Waals surface area contributed by atoms with Gasteiger partial charge in [0.2, 0.25) is 0 Å². The summed E-state index contributed by atoms with van der Waals surface area (Å²) in [5, 5.41) is 9.02. The second kappa shape index (κ2) is 6.16. The van der Waals surface area contributed by atoms with Crippen LogP contribution >= 0.6 is 11.8 Å². The highest BCUT2D eigenvalue weighted by Crippen LogP contribution is 2.15. The Balaban J connectivity index is 2.56. The lowest BCUT2D eigenvalue weighted by molar-refractivity contribution is -0.144. The maximum atomic E-state index is 11.2. The molecule has 1 N–H and O–H groups in total. The summed E-state index contributed by atoms with van der Waals surface area (Å²) < 4.78 is 6.34. The summed E-state index contributed by atoms with van der Waals surface area (Å²) in [6, 6.07) is 0. The fraction of sp³-hybridized carbons (Fsp3) is 0.444. The third-order valence-electron chi connectivity index (χ3n) is 1.61.